The van der Waals surface area contributed by atoms with Gasteiger partial charge in [0, 0.05) is 0 Å². The third-order valence-corrected chi connectivity index (χ3v) is 5.83. The normalized spacial score (nSPS) is 17.6. The Morgan fingerprint density at radius 1 is 1.22 bits per heavy atom. The Morgan fingerprint density at radius 2 is 1.93 bits per heavy atom. The van der Waals surface area contributed by atoms with Crippen molar-refractivity contribution in [3.05, 3.63) is 59.2 Å². The van der Waals surface area contributed by atoms with Crippen LogP contribution in [0.15, 0.2) is 42.5 Å². The summed E-state index contributed by atoms with van der Waals surface area (Å²) < 4.78 is 31.4. The molecule has 0 aromatic heterocycles. The molecule has 1 amide bonds. The lowest BCUT2D eigenvalue weighted by Gasteiger charge is -2.34. The SMILES string of the molecule is Cc1ccc(C)c([C@@H](C)NC(=O)[C@H]2CN(S(C)(=O)=O)c3ccccc3O2)c1. The Hall–Kier alpha value is -2.54. The van der Waals surface area contributed by atoms with Crippen molar-refractivity contribution in [2.75, 3.05) is 17.1 Å². The lowest BCUT2D eigenvalue weighted by Crippen LogP contribution is -2.50. The second-order valence-electron chi connectivity index (χ2n) is 6.96. The molecule has 0 saturated heterocycles. The third kappa shape index (κ3) is 4.08. The van der Waals surface area contributed by atoms with Gasteiger partial charge in [0.05, 0.1) is 24.5 Å². The molecule has 1 aliphatic rings. The van der Waals surface area contributed by atoms with E-state index in [1.54, 1.807) is 24.3 Å². The fourth-order valence-electron chi connectivity index (χ4n) is 3.26. The molecular weight excluding hydrogens is 364 g/mol. The van der Waals surface area contributed by atoms with E-state index in [-0.39, 0.29) is 18.5 Å². The lowest BCUT2D eigenvalue weighted by molar-refractivity contribution is -0.128. The van der Waals surface area contributed by atoms with E-state index in [2.05, 4.69) is 5.32 Å². The highest BCUT2D eigenvalue weighted by molar-refractivity contribution is 7.92. The van der Waals surface area contributed by atoms with E-state index in [1.165, 1.54) is 4.31 Å². The molecule has 3 rings (SSSR count). The highest BCUT2D eigenvalue weighted by Gasteiger charge is 2.35. The molecule has 1 N–H and O–H groups in total. The number of anilines is 1. The molecule has 1 aliphatic heterocycles. The molecule has 0 saturated carbocycles. The molecule has 1 heterocycles. The number of para-hydroxylation sites is 2. The molecule has 0 spiro atoms. The van der Waals surface area contributed by atoms with Gasteiger partial charge in [-0.25, -0.2) is 8.42 Å². The van der Waals surface area contributed by atoms with Crippen LogP contribution < -0.4 is 14.4 Å². The van der Waals surface area contributed by atoms with Gasteiger partial charge in [-0.1, -0.05) is 35.9 Å². The van der Waals surface area contributed by atoms with E-state index in [4.69, 9.17) is 4.74 Å². The molecule has 144 valence electrons. The molecular formula is C20H24N2O4S. The maximum Gasteiger partial charge on any atom is 0.263 e. The Kier molecular flexibility index (Phi) is 5.15. The zero-order valence-corrected chi connectivity index (χ0v) is 16.7. The van der Waals surface area contributed by atoms with Gasteiger partial charge in [-0.15, -0.1) is 0 Å². The van der Waals surface area contributed by atoms with Gasteiger partial charge < -0.3 is 10.1 Å². The molecule has 0 radical (unpaired) electrons. The molecule has 0 fully saturated rings. The molecule has 2 aromatic carbocycles. The predicted octanol–water partition coefficient (Wildman–Crippen LogP) is 2.71. The number of nitrogens with one attached hydrogen (secondary N) is 1. The average Bonchev–Trinajstić information content (AvgIpc) is 2.61. The van der Waals surface area contributed by atoms with Gasteiger partial charge in [0.1, 0.15) is 5.75 Å². The van der Waals surface area contributed by atoms with Gasteiger partial charge in [-0.2, -0.15) is 0 Å². The van der Waals surface area contributed by atoms with Crippen LogP contribution in [0.25, 0.3) is 0 Å². The van der Waals surface area contributed by atoms with Crippen molar-refractivity contribution >= 4 is 21.6 Å². The minimum absolute atomic E-state index is 0.0544. The van der Waals surface area contributed by atoms with Gasteiger partial charge in [-0.3, -0.25) is 9.10 Å². The summed E-state index contributed by atoms with van der Waals surface area (Å²) in [7, 11) is -3.53. The highest BCUT2D eigenvalue weighted by Crippen LogP contribution is 2.34. The zero-order valence-electron chi connectivity index (χ0n) is 15.9. The summed E-state index contributed by atoms with van der Waals surface area (Å²) >= 11 is 0. The number of rotatable bonds is 4. The molecule has 0 unspecified atom stereocenters. The Morgan fingerprint density at radius 3 is 2.63 bits per heavy atom. The highest BCUT2D eigenvalue weighted by atomic mass is 32.2. The molecule has 7 heteroatoms. The van der Waals surface area contributed by atoms with Crippen LogP contribution in [0.1, 0.15) is 29.7 Å². The van der Waals surface area contributed by atoms with E-state index < -0.39 is 16.1 Å². The monoisotopic (exact) mass is 388 g/mol. The summed E-state index contributed by atoms with van der Waals surface area (Å²) in [6.07, 6.45) is 0.213. The van der Waals surface area contributed by atoms with E-state index in [9.17, 15) is 13.2 Å². The van der Waals surface area contributed by atoms with Crippen LogP contribution in [0.2, 0.25) is 0 Å². The van der Waals surface area contributed by atoms with Crippen LogP contribution in [0, 0.1) is 13.8 Å². The van der Waals surface area contributed by atoms with Crippen molar-refractivity contribution in [3.63, 3.8) is 0 Å². The lowest BCUT2D eigenvalue weighted by atomic mass is 10.00. The molecule has 2 aromatic rings. The molecule has 6 nitrogen and oxygen atoms in total. The Labute approximate surface area is 160 Å². The number of hydrogen-bond acceptors (Lipinski definition) is 4. The number of sulfonamides is 1. The quantitative estimate of drug-likeness (QED) is 0.874. The Bertz CT molecular complexity index is 972. The van der Waals surface area contributed by atoms with E-state index in [0.29, 0.717) is 11.4 Å². The molecule has 0 aliphatic carbocycles. The van der Waals surface area contributed by atoms with Crippen molar-refractivity contribution in [3.8, 4) is 5.75 Å². The maximum atomic E-state index is 12.8. The first kappa shape index (κ1) is 19.2. The van der Waals surface area contributed by atoms with Crippen molar-refractivity contribution < 1.29 is 17.9 Å². The third-order valence-electron chi connectivity index (χ3n) is 4.69. The van der Waals surface area contributed by atoms with Gasteiger partial charge in [0.2, 0.25) is 10.0 Å². The zero-order chi connectivity index (χ0) is 19.8. The second kappa shape index (κ2) is 7.23. The summed E-state index contributed by atoms with van der Waals surface area (Å²) in [6, 6.07) is 12.7. The summed E-state index contributed by atoms with van der Waals surface area (Å²) in [5.41, 5.74) is 3.68. The van der Waals surface area contributed by atoms with Crippen LogP contribution >= 0.6 is 0 Å². The first-order valence-corrected chi connectivity index (χ1v) is 10.6. The summed E-state index contributed by atoms with van der Waals surface area (Å²) in [5, 5.41) is 2.95. The number of hydrogen-bond donors (Lipinski definition) is 1. The van der Waals surface area contributed by atoms with E-state index >= 15 is 0 Å². The second-order valence-corrected chi connectivity index (χ2v) is 8.87. The molecule has 0 bridgehead atoms. The molecule has 27 heavy (non-hydrogen) atoms. The van der Waals surface area contributed by atoms with E-state index in [1.807, 2.05) is 39.0 Å². The van der Waals surface area contributed by atoms with Gasteiger partial charge in [0.15, 0.2) is 6.10 Å². The fourth-order valence-corrected chi connectivity index (χ4v) is 4.18. The number of ether oxygens (including phenoxy) is 1. The number of amides is 1. The van der Waals surface area contributed by atoms with Crippen molar-refractivity contribution in [1.82, 2.24) is 5.32 Å². The van der Waals surface area contributed by atoms with E-state index in [0.717, 1.165) is 22.9 Å². The summed E-state index contributed by atoms with van der Waals surface area (Å²) in [6.45, 7) is 5.85. The van der Waals surface area contributed by atoms with Gasteiger partial charge in [0.25, 0.3) is 5.91 Å². The number of nitrogens with zero attached hydrogens (tertiary/aromatic N) is 1. The smallest absolute Gasteiger partial charge is 0.263 e. The van der Waals surface area contributed by atoms with Crippen LogP contribution in [0.5, 0.6) is 5.75 Å². The number of carbonyl (C=O) groups excluding carboxylic acids is 1. The predicted molar refractivity (Wildman–Crippen MR) is 106 cm³/mol. The first-order chi connectivity index (χ1) is 12.7. The van der Waals surface area contributed by atoms with Crippen molar-refractivity contribution in [2.45, 2.75) is 32.9 Å². The minimum atomic E-state index is -3.53. The van der Waals surface area contributed by atoms with Crippen LogP contribution in [0.4, 0.5) is 5.69 Å². The summed E-state index contributed by atoms with van der Waals surface area (Å²) in [5.74, 6) is 0.0419. The number of carbonyl (C=O) groups is 1. The van der Waals surface area contributed by atoms with Crippen LogP contribution in [-0.2, 0) is 14.8 Å². The number of aryl methyl sites for hydroxylation is 2. The first-order valence-electron chi connectivity index (χ1n) is 8.77. The minimum Gasteiger partial charge on any atom is -0.476 e. The number of benzene rings is 2. The van der Waals surface area contributed by atoms with Crippen LogP contribution in [0.3, 0.4) is 0 Å². The van der Waals surface area contributed by atoms with Gasteiger partial charge in [-0.05, 0) is 44.0 Å². The topological polar surface area (TPSA) is 75.7 Å². The molecule has 2 atom stereocenters. The summed E-state index contributed by atoms with van der Waals surface area (Å²) in [4.78, 5) is 12.8. The average molecular weight is 388 g/mol. The fraction of sp³-hybridized carbons (Fsp3) is 0.350. The number of fused-ring (bicyclic) bond motifs is 1. The van der Waals surface area contributed by atoms with Crippen molar-refractivity contribution in [1.29, 1.82) is 0 Å². The van der Waals surface area contributed by atoms with Gasteiger partial charge >= 0.3 is 0 Å². The standard InChI is InChI=1S/C20H24N2O4S/c1-13-9-10-14(2)16(11-13)15(3)21-20(23)19-12-22(27(4,24)25)17-7-5-6-8-18(17)26-19/h5-11,15,19H,12H2,1-4H3,(H,21,23)/t15-,19-/m1/s1. The Balaban J connectivity index is 1.82. The largest absolute Gasteiger partial charge is 0.476 e. The van der Waals surface area contributed by atoms with Crippen LogP contribution in [-0.4, -0.2) is 33.2 Å². The maximum absolute atomic E-state index is 12.8. The van der Waals surface area contributed by atoms with Crippen molar-refractivity contribution in [2.24, 2.45) is 0 Å².